The molecule has 330 valence electrons. The van der Waals surface area contributed by atoms with Crippen molar-refractivity contribution >= 4 is 35.6 Å². The van der Waals surface area contributed by atoms with Gasteiger partial charge in [-0.15, -0.1) is 0 Å². The molecule has 16 nitrogen and oxygen atoms in total. The molecule has 16 heteroatoms. The Labute approximate surface area is 344 Å². The normalized spacial score (nSPS) is 11.5. The first kappa shape index (κ1) is 51.9. The fourth-order valence-electron chi connectivity index (χ4n) is 5.71. The second kappa shape index (κ2) is 36.0. The summed E-state index contributed by atoms with van der Waals surface area (Å²) in [6, 6.07) is 6.93. The van der Waals surface area contributed by atoms with Gasteiger partial charge in [-0.1, -0.05) is 95.4 Å². The molecule has 0 saturated carbocycles. The summed E-state index contributed by atoms with van der Waals surface area (Å²) in [6.45, 7) is 4.23. The van der Waals surface area contributed by atoms with Crippen LogP contribution in [0.25, 0.3) is 0 Å². The van der Waals surface area contributed by atoms with Crippen LogP contribution in [0, 0.1) is 0 Å². The summed E-state index contributed by atoms with van der Waals surface area (Å²) < 4.78 is 21.4. The highest BCUT2D eigenvalue weighted by atomic mass is 16.5. The smallest absolute Gasteiger partial charge is 0.326 e. The predicted molar refractivity (Wildman–Crippen MR) is 218 cm³/mol. The van der Waals surface area contributed by atoms with E-state index < -0.39 is 18.0 Å². The third kappa shape index (κ3) is 31.9. The highest BCUT2D eigenvalue weighted by Gasteiger charge is 2.20. The van der Waals surface area contributed by atoms with E-state index in [4.69, 9.17) is 24.1 Å². The van der Waals surface area contributed by atoms with Crippen LogP contribution < -0.4 is 21.3 Å². The lowest BCUT2D eigenvalue weighted by atomic mass is 10.0. The second-order valence-electron chi connectivity index (χ2n) is 14.1. The second-order valence-corrected chi connectivity index (χ2v) is 14.1. The maximum Gasteiger partial charge on any atom is 0.326 e. The van der Waals surface area contributed by atoms with E-state index in [-0.39, 0.29) is 109 Å². The van der Waals surface area contributed by atoms with Gasteiger partial charge in [0.05, 0.1) is 39.6 Å². The van der Waals surface area contributed by atoms with Crippen molar-refractivity contribution in [3.8, 4) is 0 Å². The van der Waals surface area contributed by atoms with E-state index in [1.807, 2.05) is 24.3 Å². The van der Waals surface area contributed by atoms with Crippen LogP contribution in [0.3, 0.4) is 0 Å². The number of unbranched alkanes of at least 4 members (excludes halogenated alkanes) is 11. The van der Waals surface area contributed by atoms with E-state index in [9.17, 15) is 33.9 Å². The van der Waals surface area contributed by atoms with Gasteiger partial charge in [0, 0.05) is 38.9 Å². The van der Waals surface area contributed by atoms with Gasteiger partial charge in [-0.2, -0.15) is 0 Å². The highest BCUT2D eigenvalue weighted by molar-refractivity contribution is 5.84. The summed E-state index contributed by atoms with van der Waals surface area (Å²) in [5.41, 5.74) is 2.27. The average Bonchev–Trinajstić information content (AvgIpc) is 3.20. The lowest BCUT2D eigenvalue weighted by Crippen LogP contribution is -2.41. The number of aryl methyl sites for hydroxylation is 1. The van der Waals surface area contributed by atoms with Gasteiger partial charge in [0.25, 0.3) is 0 Å². The third-order valence-corrected chi connectivity index (χ3v) is 9.11. The van der Waals surface area contributed by atoms with E-state index in [2.05, 4.69) is 28.2 Å². The zero-order valence-electron chi connectivity index (χ0n) is 34.7. The molecule has 0 radical (unpaired) electrons. The molecule has 58 heavy (non-hydrogen) atoms. The first-order valence-electron chi connectivity index (χ1n) is 21.0. The maximum absolute atomic E-state index is 12.3. The number of ether oxygens (including phenoxy) is 4. The number of hydrogen-bond acceptors (Lipinski definition) is 10. The Morgan fingerprint density at radius 2 is 0.966 bits per heavy atom. The fraction of sp³-hybridized carbons (Fsp3) is 0.714. The number of carbonyl (C=O) groups excluding carboxylic acids is 4. The predicted octanol–water partition coefficient (Wildman–Crippen LogP) is 4.06. The van der Waals surface area contributed by atoms with Crippen molar-refractivity contribution in [2.75, 3.05) is 65.9 Å². The molecule has 1 atom stereocenters. The van der Waals surface area contributed by atoms with E-state index in [0.29, 0.717) is 19.5 Å². The number of carboxylic acid groups (broad SMARTS) is 2. The van der Waals surface area contributed by atoms with Gasteiger partial charge in [0.15, 0.2) is 0 Å². The number of amides is 4. The van der Waals surface area contributed by atoms with Crippen LogP contribution in [0.15, 0.2) is 24.3 Å². The molecule has 0 aliphatic carbocycles. The lowest BCUT2D eigenvalue weighted by Gasteiger charge is -2.14. The molecule has 6 N–H and O–H groups in total. The summed E-state index contributed by atoms with van der Waals surface area (Å²) >= 11 is 0. The van der Waals surface area contributed by atoms with Crippen molar-refractivity contribution in [3.63, 3.8) is 0 Å². The van der Waals surface area contributed by atoms with Gasteiger partial charge in [-0.3, -0.25) is 24.0 Å². The van der Waals surface area contributed by atoms with Crippen molar-refractivity contribution < 1.29 is 57.9 Å². The minimum Gasteiger partial charge on any atom is -0.481 e. The number of hydrogen-bond donors (Lipinski definition) is 6. The molecule has 0 aliphatic rings. The molecule has 1 aromatic carbocycles. The Hall–Kier alpha value is -4.12. The van der Waals surface area contributed by atoms with Crippen LogP contribution in [-0.4, -0.2) is 118 Å². The lowest BCUT2D eigenvalue weighted by molar-refractivity contribution is -0.142. The average molecular weight is 823 g/mol. The maximum atomic E-state index is 12.3. The number of benzene rings is 1. The van der Waals surface area contributed by atoms with Crippen molar-refractivity contribution in [3.05, 3.63) is 35.4 Å². The molecule has 0 spiro atoms. The minimum absolute atomic E-state index is 0.0254. The molecule has 0 aliphatic heterocycles. The Balaban J connectivity index is 1.92. The van der Waals surface area contributed by atoms with Gasteiger partial charge < -0.3 is 50.4 Å². The van der Waals surface area contributed by atoms with Crippen LogP contribution in [0.4, 0.5) is 0 Å². The number of aliphatic carboxylic acids is 2. The third-order valence-electron chi connectivity index (χ3n) is 9.11. The van der Waals surface area contributed by atoms with Crippen LogP contribution in [-0.2, 0) is 60.7 Å². The summed E-state index contributed by atoms with van der Waals surface area (Å²) in [7, 11) is 0. The van der Waals surface area contributed by atoms with E-state index in [0.717, 1.165) is 63.4 Å². The molecule has 4 amide bonds. The van der Waals surface area contributed by atoms with Crippen molar-refractivity contribution in [1.29, 1.82) is 0 Å². The standard InChI is InChI=1S/C42H70N4O12/c1-2-34-17-19-35(20-18-34)31-45-40(50)33-58-30-28-56-26-24-44-39(49)32-57-29-27-55-25-23-43-37(47)22-21-36(42(53)54)46-38(48)15-13-11-9-7-5-3-4-6-8-10-12-14-16-41(51)52/h17-20,36H,2-16,21-33H2,1H3,(H,43,47)(H,44,49)(H,45,50)(H,46,48)(H,51,52)(H,53,54). The van der Waals surface area contributed by atoms with Gasteiger partial charge in [0.1, 0.15) is 19.3 Å². The molecular weight excluding hydrogens is 752 g/mol. The van der Waals surface area contributed by atoms with E-state index >= 15 is 0 Å². The van der Waals surface area contributed by atoms with Gasteiger partial charge in [-0.25, -0.2) is 4.79 Å². The molecule has 1 unspecified atom stereocenters. The highest BCUT2D eigenvalue weighted by Crippen LogP contribution is 2.13. The quantitative estimate of drug-likeness (QED) is 0.0517. The SMILES string of the molecule is CCc1ccc(CNC(=O)COCCOCCNC(=O)COCCOCCNC(=O)CCC(NC(=O)CCCCCCCCCCCCCCC(=O)O)C(=O)O)cc1. The topological polar surface area (TPSA) is 228 Å². The fourth-order valence-corrected chi connectivity index (χ4v) is 5.71. The van der Waals surface area contributed by atoms with Crippen LogP contribution in [0.2, 0.25) is 0 Å². The number of carbonyl (C=O) groups is 6. The van der Waals surface area contributed by atoms with E-state index in [1.165, 1.54) is 24.8 Å². The first-order valence-corrected chi connectivity index (χ1v) is 21.0. The molecule has 0 saturated heterocycles. The summed E-state index contributed by atoms with van der Waals surface area (Å²) in [6.07, 6.45) is 13.7. The molecule has 0 bridgehead atoms. The molecule has 0 aromatic heterocycles. The summed E-state index contributed by atoms with van der Waals surface area (Å²) in [4.78, 5) is 70.4. The van der Waals surface area contributed by atoms with Crippen molar-refractivity contribution in [2.45, 2.75) is 129 Å². The largest absolute Gasteiger partial charge is 0.481 e. The summed E-state index contributed by atoms with van der Waals surface area (Å²) in [5.74, 6) is -3.11. The summed E-state index contributed by atoms with van der Waals surface area (Å²) in [5, 5.41) is 28.8. The Morgan fingerprint density at radius 1 is 0.517 bits per heavy atom. The van der Waals surface area contributed by atoms with Crippen molar-refractivity contribution in [2.24, 2.45) is 0 Å². The Kier molecular flexibility index (Phi) is 32.2. The molecule has 0 fully saturated rings. The minimum atomic E-state index is -1.18. The first-order chi connectivity index (χ1) is 28.1. The zero-order chi connectivity index (χ0) is 42.5. The Morgan fingerprint density at radius 3 is 1.47 bits per heavy atom. The number of nitrogens with one attached hydrogen (secondary N) is 4. The van der Waals surface area contributed by atoms with Gasteiger partial charge in [0.2, 0.25) is 23.6 Å². The Bertz CT molecular complexity index is 1280. The molecule has 1 aromatic rings. The molecule has 1 rings (SSSR count). The number of rotatable bonds is 39. The molecular formula is C42H70N4O12. The van der Waals surface area contributed by atoms with Crippen molar-refractivity contribution in [1.82, 2.24) is 21.3 Å². The zero-order valence-corrected chi connectivity index (χ0v) is 34.7. The molecule has 0 heterocycles. The van der Waals surface area contributed by atoms with Gasteiger partial charge >= 0.3 is 11.9 Å². The van der Waals surface area contributed by atoms with Crippen LogP contribution in [0.5, 0.6) is 0 Å². The van der Waals surface area contributed by atoms with Crippen LogP contribution >= 0.6 is 0 Å². The monoisotopic (exact) mass is 822 g/mol. The van der Waals surface area contributed by atoms with E-state index in [1.54, 1.807) is 0 Å². The van der Waals surface area contributed by atoms with Crippen LogP contribution in [0.1, 0.15) is 121 Å². The van der Waals surface area contributed by atoms with Gasteiger partial charge in [-0.05, 0) is 36.8 Å². The number of carboxylic acids is 2.